The van der Waals surface area contributed by atoms with Gasteiger partial charge in [0.05, 0.1) is 5.69 Å². The topological polar surface area (TPSA) is 70.7 Å². The Hall–Kier alpha value is -3.18. The summed E-state index contributed by atoms with van der Waals surface area (Å²) in [5.74, 6) is -0.236. The molecular formula is C21H17ClN4O. The molecule has 0 saturated heterocycles. The number of carbonyl (C=O) groups excluding carboxylic acids is 1. The molecule has 0 aliphatic rings. The van der Waals surface area contributed by atoms with E-state index in [9.17, 15) is 4.79 Å². The average Bonchev–Trinajstić information content (AvgIpc) is 3.11. The van der Waals surface area contributed by atoms with Gasteiger partial charge in [0, 0.05) is 34.2 Å². The van der Waals surface area contributed by atoms with Gasteiger partial charge in [0.1, 0.15) is 0 Å². The average molecular weight is 377 g/mol. The highest BCUT2D eigenvalue weighted by atomic mass is 35.5. The molecule has 0 aliphatic heterocycles. The first kappa shape index (κ1) is 17.2. The van der Waals surface area contributed by atoms with Crippen molar-refractivity contribution in [3.63, 3.8) is 0 Å². The molecular weight excluding hydrogens is 360 g/mol. The van der Waals surface area contributed by atoms with Gasteiger partial charge >= 0.3 is 0 Å². The third-order valence-electron chi connectivity index (χ3n) is 4.38. The van der Waals surface area contributed by atoms with Gasteiger partial charge in [0.15, 0.2) is 5.69 Å². The first-order chi connectivity index (χ1) is 13.2. The first-order valence-electron chi connectivity index (χ1n) is 8.63. The molecule has 0 fully saturated rings. The van der Waals surface area contributed by atoms with E-state index in [1.54, 1.807) is 12.1 Å². The molecule has 1 amide bonds. The monoisotopic (exact) mass is 376 g/mol. The van der Waals surface area contributed by atoms with Gasteiger partial charge in [-0.2, -0.15) is 0 Å². The Morgan fingerprint density at radius 2 is 1.89 bits per heavy atom. The molecule has 0 saturated carbocycles. The van der Waals surface area contributed by atoms with E-state index in [4.69, 9.17) is 11.6 Å². The van der Waals surface area contributed by atoms with Crippen molar-refractivity contribution in [3.05, 3.63) is 83.1 Å². The van der Waals surface area contributed by atoms with Crippen LogP contribution in [0, 0.1) is 0 Å². The van der Waals surface area contributed by atoms with Gasteiger partial charge in [-0.25, -0.2) is 0 Å². The van der Waals surface area contributed by atoms with E-state index in [-0.39, 0.29) is 5.91 Å². The molecule has 0 bridgehead atoms. The van der Waals surface area contributed by atoms with E-state index in [0.717, 1.165) is 27.7 Å². The fourth-order valence-corrected chi connectivity index (χ4v) is 3.15. The van der Waals surface area contributed by atoms with Crippen LogP contribution < -0.4 is 5.32 Å². The number of H-pyrrole nitrogens is 1. The Balaban J connectivity index is 1.38. The van der Waals surface area contributed by atoms with Crippen LogP contribution in [0.15, 0.2) is 66.9 Å². The summed E-state index contributed by atoms with van der Waals surface area (Å²) in [5.41, 5.74) is 4.15. The molecule has 0 spiro atoms. The number of benzene rings is 2. The lowest BCUT2D eigenvalue weighted by atomic mass is 10.1. The predicted molar refractivity (Wildman–Crippen MR) is 107 cm³/mol. The van der Waals surface area contributed by atoms with Crippen molar-refractivity contribution in [2.24, 2.45) is 0 Å². The number of nitrogens with one attached hydrogen (secondary N) is 2. The third-order valence-corrected chi connectivity index (χ3v) is 4.61. The van der Waals surface area contributed by atoms with E-state index in [2.05, 4.69) is 20.5 Å². The summed E-state index contributed by atoms with van der Waals surface area (Å²) in [6.45, 7) is 0.500. The van der Waals surface area contributed by atoms with Gasteiger partial charge < -0.3 is 10.3 Å². The molecule has 0 atom stereocenters. The van der Waals surface area contributed by atoms with Crippen LogP contribution in [-0.2, 0) is 6.42 Å². The second-order valence-corrected chi connectivity index (χ2v) is 6.62. The number of fused-ring (bicyclic) bond motifs is 1. The van der Waals surface area contributed by atoms with Crippen LogP contribution >= 0.6 is 11.6 Å². The largest absolute Gasteiger partial charge is 0.361 e. The molecule has 2 aromatic heterocycles. The van der Waals surface area contributed by atoms with Crippen molar-refractivity contribution in [2.45, 2.75) is 6.42 Å². The van der Waals surface area contributed by atoms with Gasteiger partial charge in [-0.3, -0.25) is 4.79 Å². The molecule has 0 radical (unpaired) electrons. The number of carbonyl (C=O) groups is 1. The minimum Gasteiger partial charge on any atom is -0.361 e. The summed E-state index contributed by atoms with van der Waals surface area (Å²) < 4.78 is 0. The molecule has 2 heterocycles. The van der Waals surface area contributed by atoms with Gasteiger partial charge in [0.2, 0.25) is 0 Å². The lowest BCUT2D eigenvalue weighted by molar-refractivity contribution is 0.0948. The minimum atomic E-state index is -0.236. The standard InChI is InChI=1S/C21H17ClN4O/c22-16-6-7-19-17(12-16)15(13-24-19)10-11-23-21(27)20-9-8-18(25-26-20)14-4-2-1-3-5-14/h1-9,12-13,24H,10-11H2,(H,23,27). The van der Waals surface area contributed by atoms with Crippen LogP contribution in [0.4, 0.5) is 0 Å². The number of rotatable bonds is 5. The summed E-state index contributed by atoms with van der Waals surface area (Å²) in [6.07, 6.45) is 2.64. The van der Waals surface area contributed by atoms with Crippen molar-refractivity contribution in [3.8, 4) is 11.3 Å². The molecule has 0 aliphatic carbocycles. The Kier molecular flexibility index (Phi) is 4.85. The summed E-state index contributed by atoms with van der Waals surface area (Å²) in [6, 6.07) is 19.0. The van der Waals surface area contributed by atoms with Crippen LogP contribution in [-0.4, -0.2) is 27.6 Å². The highest BCUT2D eigenvalue weighted by molar-refractivity contribution is 6.31. The van der Waals surface area contributed by atoms with Crippen molar-refractivity contribution < 1.29 is 4.79 Å². The first-order valence-corrected chi connectivity index (χ1v) is 9.01. The van der Waals surface area contributed by atoms with Gasteiger partial charge in [-0.1, -0.05) is 41.9 Å². The molecule has 2 aromatic carbocycles. The van der Waals surface area contributed by atoms with Crippen molar-refractivity contribution in [1.29, 1.82) is 0 Å². The number of halogens is 1. The van der Waals surface area contributed by atoms with Crippen molar-refractivity contribution in [2.75, 3.05) is 6.54 Å². The molecule has 6 heteroatoms. The maximum atomic E-state index is 12.3. The van der Waals surface area contributed by atoms with E-state index in [1.165, 1.54) is 0 Å². The van der Waals surface area contributed by atoms with Crippen LogP contribution in [0.5, 0.6) is 0 Å². The predicted octanol–water partition coefficient (Wildman–Crippen LogP) is 4.25. The fourth-order valence-electron chi connectivity index (χ4n) is 2.97. The zero-order valence-electron chi connectivity index (χ0n) is 14.4. The van der Waals surface area contributed by atoms with Crippen molar-refractivity contribution in [1.82, 2.24) is 20.5 Å². The van der Waals surface area contributed by atoms with Gasteiger partial charge in [0.25, 0.3) is 5.91 Å². The number of nitrogens with zero attached hydrogens (tertiary/aromatic N) is 2. The maximum absolute atomic E-state index is 12.3. The normalized spacial score (nSPS) is 10.9. The van der Waals surface area contributed by atoms with Crippen LogP contribution in [0.3, 0.4) is 0 Å². The molecule has 4 aromatic rings. The smallest absolute Gasteiger partial charge is 0.271 e. The van der Waals surface area contributed by atoms with E-state index >= 15 is 0 Å². The summed E-state index contributed by atoms with van der Waals surface area (Å²) in [4.78, 5) is 15.5. The zero-order valence-corrected chi connectivity index (χ0v) is 15.2. The lowest BCUT2D eigenvalue weighted by Crippen LogP contribution is -2.26. The molecule has 5 nitrogen and oxygen atoms in total. The van der Waals surface area contributed by atoms with Crippen molar-refractivity contribution >= 4 is 28.4 Å². The van der Waals surface area contributed by atoms with Crippen LogP contribution in [0.2, 0.25) is 5.02 Å². The zero-order chi connectivity index (χ0) is 18.6. The Labute approximate surface area is 161 Å². The highest BCUT2D eigenvalue weighted by Crippen LogP contribution is 2.22. The van der Waals surface area contributed by atoms with E-state index in [1.807, 2.05) is 54.7 Å². The van der Waals surface area contributed by atoms with Gasteiger partial charge in [-0.05, 0) is 42.3 Å². The van der Waals surface area contributed by atoms with E-state index < -0.39 is 0 Å². The molecule has 4 rings (SSSR count). The van der Waals surface area contributed by atoms with Gasteiger partial charge in [-0.15, -0.1) is 10.2 Å². The fraction of sp³-hybridized carbons (Fsp3) is 0.0952. The molecule has 0 unspecified atom stereocenters. The number of hydrogen-bond donors (Lipinski definition) is 2. The summed E-state index contributed by atoms with van der Waals surface area (Å²) >= 11 is 6.07. The second-order valence-electron chi connectivity index (χ2n) is 6.18. The Bertz CT molecular complexity index is 1070. The maximum Gasteiger partial charge on any atom is 0.271 e. The van der Waals surface area contributed by atoms with Crippen LogP contribution in [0.25, 0.3) is 22.2 Å². The molecule has 2 N–H and O–H groups in total. The van der Waals surface area contributed by atoms with Crippen LogP contribution in [0.1, 0.15) is 16.1 Å². The Morgan fingerprint density at radius 1 is 1.04 bits per heavy atom. The lowest BCUT2D eigenvalue weighted by Gasteiger charge is -2.05. The summed E-state index contributed by atoms with van der Waals surface area (Å²) in [7, 11) is 0. The minimum absolute atomic E-state index is 0.236. The number of aromatic amines is 1. The highest BCUT2D eigenvalue weighted by Gasteiger charge is 2.10. The summed E-state index contributed by atoms with van der Waals surface area (Å²) in [5, 5.41) is 12.9. The van der Waals surface area contributed by atoms with E-state index in [0.29, 0.717) is 23.7 Å². The molecule has 134 valence electrons. The quantitative estimate of drug-likeness (QED) is 0.547. The Morgan fingerprint density at radius 3 is 2.67 bits per heavy atom. The SMILES string of the molecule is O=C(NCCc1c[nH]c2ccc(Cl)cc12)c1ccc(-c2ccccc2)nn1. The number of amides is 1. The number of hydrogen-bond acceptors (Lipinski definition) is 3. The third kappa shape index (κ3) is 3.83. The molecule has 27 heavy (non-hydrogen) atoms. The second kappa shape index (κ2) is 7.60. The number of aromatic nitrogens is 3.